The molecule has 0 spiro atoms. The molecule has 0 radical (unpaired) electrons. The van der Waals surface area contributed by atoms with Crippen LogP contribution in [0.2, 0.25) is 0 Å². The molecule has 2 aromatic rings. The topological polar surface area (TPSA) is 56.3 Å². The van der Waals surface area contributed by atoms with Crippen LogP contribution in [0, 0.1) is 0 Å². The van der Waals surface area contributed by atoms with Crippen LogP contribution < -0.4 is 5.32 Å². The summed E-state index contributed by atoms with van der Waals surface area (Å²) in [6, 6.07) is 10.6. The molecule has 1 aromatic heterocycles. The first-order valence-corrected chi connectivity index (χ1v) is 9.32. The minimum atomic E-state index is 0.352. The lowest BCUT2D eigenvalue weighted by atomic mass is 10.0. The molecule has 1 N–H and O–H groups in total. The highest BCUT2D eigenvalue weighted by molar-refractivity contribution is 7.98. The van der Waals surface area contributed by atoms with Crippen molar-refractivity contribution in [3.8, 4) is 0 Å². The Morgan fingerprint density at radius 3 is 2.79 bits per heavy atom. The van der Waals surface area contributed by atoms with E-state index >= 15 is 0 Å². The molecule has 3 rings (SSSR count). The van der Waals surface area contributed by atoms with E-state index in [1.54, 1.807) is 18.9 Å². The molecule has 0 amide bonds. The van der Waals surface area contributed by atoms with E-state index in [2.05, 4.69) is 45.8 Å². The van der Waals surface area contributed by atoms with E-state index in [9.17, 15) is 0 Å². The number of hydrogen-bond acceptors (Lipinski definition) is 6. The third-order valence-electron chi connectivity index (χ3n) is 4.05. The molecule has 6 heteroatoms. The second kappa shape index (κ2) is 8.46. The molecule has 1 saturated heterocycles. The molecule has 1 aliphatic heterocycles. The van der Waals surface area contributed by atoms with Crippen molar-refractivity contribution in [2.24, 2.45) is 0 Å². The number of anilines is 1. The lowest BCUT2D eigenvalue weighted by Crippen LogP contribution is -2.10. The SMILES string of the molecule is COCc1nc(NCc2ccc(SC)cc2)cc([C@@H]2CCOC2)n1. The highest BCUT2D eigenvalue weighted by Gasteiger charge is 2.20. The first-order valence-electron chi connectivity index (χ1n) is 8.10. The lowest BCUT2D eigenvalue weighted by Gasteiger charge is -2.13. The molecule has 1 aliphatic rings. The van der Waals surface area contributed by atoms with E-state index in [-0.39, 0.29) is 0 Å². The normalized spacial score (nSPS) is 17.2. The minimum absolute atomic E-state index is 0.352. The second-order valence-corrected chi connectivity index (χ2v) is 6.67. The van der Waals surface area contributed by atoms with Crippen molar-refractivity contribution in [2.45, 2.75) is 30.4 Å². The molecule has 1 fully saturated rings. The van der Waals surface area contributed by atoms with Crippen LogP contribution >= 0.6 is 11.8 Å². The summed E-state index contributed by atoms with van der Waals surface area (Å²) in [7, 11) is 1.66. The number of aromatic nitrogens is 2. The van der Waals surface area contributed by atoms with E-state index in [0.717, 1.165) is 37.7 Å². The predicted octanol–water partition coefficient (Wildman–Crippen LogP) is 3.46. The zero-order valence-corrected chi connectivity index (χ0v) is 14.9. The third-order valence-corrected chi connectivity index (χ3v) is 4.79. The van der Waals surface area contributed by atoms with Gasteiger partial charge < -0.3 is 14.8 Å². The summed E-state index contributed by atoms with van der Waals surface area (Å²) in [4.78, 5) is 10.4. The van der Waals surface area contributed by atoms with Gasteiger partial charge in [0.05, 0.1) is 12.3 Å². The number of benzene rings is 1. The smallest absolute Gasteiger partial charge is 0.156 e. The van der Waals surface area contributed by atoms with Crippen molar-refractivity contribution < 1.29 is 9.47 Å². The number of hydrogen-bond donors (Lipinski definition) is 1. The van der Waals surface area contributed by atoms with Gasteiger partial charge in [-0.2, -0.15) is 0 Å². The molecule has 0 unspecified atom stereocenters. The van der Waals surface area contributed by atoms with Crippen LogP contribution in [0.3, 0.4) is 0 Å². The van der Waals surface area contributed by atoms with Gasteiger partial charge in [-0.05, 0) is 30.4 Å². The predicted molar refractivity (Wildman–Crippen MR) is 96.5 cm³/mol. The average molecular weight is 345 g/mol. The summed E-state index contributed by atoms with van der Waals surface area (Å²) >= 11 is 1.75. The Kier molecular flexibility index (Phi) is 6.07. The number of nitrogens with one attached hydrogen (secondary N) is 1. The van der Waals surface area contributed by atoms with Crippen LogP contribution in [0.15, 0.2) is 35.2 Å². The van der Waals surface area contributed by atoms with Gasteiger partial charge in [-0.3, -0.25) is 0 Å². The van der Waals surface area contributed by atoms with Crippen LogP contribution in [0.25, 0.3) is 0 Å². The van der Waals surface area contributed by atoms with E-state index in [1.165, 1.54) is 10.5 Å². The molecule has 1 atom stereocenters. The number of ether oxygens (including phenoxy) is 2. The standard InChI is InChI=1S/C18H23N3O2S/c1-22-12-18-20-16(14-7-8-23-11-14)9-17(21-18)19-10-13-3-5-15(24-2)6-4-13/h3-6,9,14H,7-8,10-12H2,1-2H3,(H,19,20,21)/t14-/m1/s1. The Labute approximate surface area is 147 Å². The second-order valence-electron chi connectivity index (χ2n) is 5.79. The van der Waals surface area contributed by atoms with Crippen LogP contribution in [-0.4, -0.2) is 36.5 Å². The summed E-state index contributed by atoms with van der Waals surface area (Å²) in [6.45, 7) is 2.69. The van der Waals surface area contributed by atoms with Gasteiger partial charge >= 0.3 is 0 Å². The largest absolute Gasteiger partial charge is 0.381 e. The monoisotopic (exact) mass is 345 g/mol. The van der Waals surface area contributed by atoms with Gasteiger partial charge in [0.25, 0.3) is 0 Å². The molecule has 128 valence electrons. The van der Waals surface area contributed by atoms with E-state index in [1.807, 2.05) is 6.07 Å². The zero-order valence-electron chi connectivity index (χ0n) is 14.1. The van der Waals surface area contributed by atoms with Crippen molar-refractivity contribution in [3.63, 3.8) is 0 Å². The van der Waals surface area contributed by atoms with E-state index in [0.29, 0.717) is 18.3 Å². The van der Waals surface area contributed by atoms with Crippen LogP contribution in [0.4, 0.5) is 5.82 Å². The fourth-order valence-electron chi connectivity index (χ4n) is 2.71. The Morgan fingerprint density at radius 1 is 1.29 bits per heavy atom. The van der Waals surface area contributed by atoms with Crippen molar-refractivity contribution >= 4 is 17.6 Å². The van der Waals surface area contributed by atoms with Crippen molar-refractivity contribution in [2.75, 3.05) is 31.9 Å². The minimum Gasteiger partial charge on any atom is -0.381 e. The van der Waals surface area contributed by atoms with Gasteiger partial charge in [-0.25, -0.2) is 9.97 Å². The maximum atomic E-state index is 5.49. The van der Waals surface area contributed by atoms with Gasteiger partial charge in [0, 0.05) is 37.1 Å². The molecule has 5 nitrogen and oxygen atoms in total. The zero-order chi connectivity index (χ0) is 16.8. The first-order chi connectivity index (χ1) is 11.8. The Balaban J connectivity index is 1.72. The lowest BCUT2D eigenvalue weighted by molar-refractivity contribution is 0.177. The number of nitrogens with zero attached hydrogens (tertiary/aromatic N) is 2. The summed E-state index contributed by atoms with van der Waals surface area (Å²) in [5.74, 6) is 1.90. The highest BCUT2D eigenvalue weighted by atomic mass is 32.2. The van der Waals surface area contributed by atoms with Crippen LogP contribution in [0.1, 0.15) is 29.4 Å². The van der Waals surface area contributed by atoms with Gasteiger partial charge in [0.15, 0.2) is 5.82 Å². The molecule has 1 aromatic carbocycles. The molecule has 0 bridgehead atoms. The summed E-state index contributed by atoms with van der Waals surface area (Å²) in [6.07, 6.45) is 3.10. The summed E-state index contributed by atoms with van der Waals surface area (Å²) < 4.78 is 10.7. The first kappa shape index (κ1) is 17.2. The maximum Gasteiger partial charge on any atom is 0.156 e. The maximum absolute atomic E-state index is 5.49. The Hall–Kier alpha value is -1.63. The number of thioether (sulfide) groups is 1. The highest BCUT2D eigenvalue weighted by Crippen LogP contribution is 2.25. The van der Waals surface area contributed by atoms with Crippen LogP contribution in [-0.2, 0) is 22.6 Å². The average Bonchev–Trinajstić information content (AvgIpc) is 3.15. The van der Waals surface area contributed by atoms with E-state index in [4.69, 9.17) is 9.47 Å². The van der Waals surface area contributed by atoms with Crippen molar-refractivity contribution in [1.29, 1.82) is 0 Å². The van der Waals surface area contributed by atoms with Crippen molar-refractivity contribution in [1.82, 2.24) is 9.97 Å². The van der Waals surface area contributed by atoms with Gasteiger partial charge in [-0.15, -0.1) is 11.8 Å². The molecule has 0 saturated carbocycles. The molecular formula is C18H23N3O2S. The van der Waals surface area contributed by atoms with Crippen molar-refractivity contribution in [3.05, 3.63) is 47.4 Å². The summed E-state index contributed by atoms with van der Waals surface area (Å²) in [5.41, 5.74) is 2.26. The fourth-order valence-corrected chi connectivity index (χ4v) is 3.12. The van der Waals surface area contributed by atoms with E-state index < -0.39 is 0 Å². The quantitative estimate of drug-likeness (QED) is 0.776. The Bertz CT molecular complexity index is 658. The van der Waals surface area contributed by atoms with Gasteiger partial charge in [-0.1, -0.05) is 12.1 Å². The number of methoxy groups -OCH3 is 1. The fraction of sp³-hybridized carbons (Fsp3) is 0.444. The molecule has 2 heterocycles. The number of rotatable bonds is 7. The molecule has 0 aliphatic carbocycles. The molecule has 24 heavy (non-hydrogen) atoms. The van der Waals surface area contributed by atoms with Gasteiger partial charge in [0.1, 0.15) is 12.4 Å². The Morgan fingerprint density at radius 2 is 2.12 bits per heavy atom. The summed E-state index contributed by atoms with van der Waals surface area (Å²) in [5, 5.41) is 3.41. The third kappa shape index (κ3) is 4.47. The van der Waals surface area contributed by atoms with Crippen LogP contribution in [0.5, 0.6) is 0 Å². The molecular weight excluding hydrogens is 322 g/mol. The van der Waals surface area contributed by atoms with Gasteiger partial charge in [0.2, 0.25) is 0 Å².